The summed E-state index contributed by atoms with van der Waals surface area (Å²) in [5.41, 5.74) is 0.791. The zero-order valence-electron chi connectivity index (χ0n) is 13.2. The highest BCUT2D eigenvalue weighted by Crippen LogP contribution is 2.33. The Hall–Kier alpha value is -1.99. The molecule has 1 aliphatic heterocycles. The van der Waals surface area contributed by atoms with E-state index in [0.29, 0.717) is 24.6 Å². The standard InChI is InChI=1S/C17H15ClFN3O2S/c18-10-2-1-3-11(19)14(10)16(24)22-7-6-12-13(8-22)25-17(20-12)21-15(23)9-4-5-9/h1-3,9H,4-8H2,(H,20,21,23). The maximum absolute atomic E-state index is 14.0. The van der Waals surface area contributed by atoms with Crippen LogP contribution in [-0.4, -0.2) is 28.2 Å². The lowest BCUT2D eigenvalue weighted by atomic mass is 10.1. The second kappa shape index (κ2) is 6.38. The monoisotopic (exact) mass is 379 g/mol. The van der Waals surface area contributed by atoms with Gasteiger partial charge in [0.1, 0.15) is 5.82 Å². The number of nitrogens with zero attached hydrogens (tertiary/aromatic N) is 2. The predicted octanol–water partition coefficient (Wildman–Crippen LogP) is 3.48. The highest BCUT2D eigenvalue weighted by atomic mass is 35.5. The fraction of sp³-hybridized carbons (Fsp3) is 0.353. The minimum Gasteiger partial charge on any atom is -0.333 e. The summed E-state index contributed by atoms with van der Waals surface area (Å²) in [6.45, 7) is 0.784. The largest absolute Gasteiger partial charge is 0.333 e. The Kier molecular flexibility index (Phi) is 4.21. The van der Waals surface area contributed by atoms with Crippen molar-refractivity contribution in [3.05, 3.63) is 45.2 Å². The summed E-state index contributed by atoms with van der Waals surface area (Å²) in [4.78, 5) is 31.4. The van der Waals surface area contributed by atoms with E-state index in [4.69, 9.17) is 11.6 Å². The maximum Gasteiger partial charge on any atom is 0.258 e. The number of hydrogen-bond acceptors (Lipinski definition) is 4. The third kappa shape index (κ3) is 3.26. The van der Waals surface area contributed by atoms with Gasteiger partial charge in [0.25, 0.3) is 5.91 Å². The molecule has 5 nitrogen and oxygen atoms in total. The molecule has 2 amide bonds. The van der Waals surface area contributed by atoms with Crippen LogP contribution in [0.15, 0.2) is 18.2 Å². The van der Waals surface area contributed by atoms with E-state index in [2.05, 4.69) is 10.3 Å². The first kappa shape index (κ1) is 16.5. The summed E-state index contributed by atoms with van der Waals surface area (Å²) in [6, 6.07) is 4.21. The minimum atomic E-state index is -0.620. The molecule has 1 aromatic carbocycles. The Morgan fingerprint density at radius 3 is 2.88 bits per heavy atom. The van der Waals surface area contributed by atoms with Gasteiger partial charge in [-0.05, 0) is 25.0 Å². The van der Waals surface area contributed by atoms with E-state index in [1.165, 1.54) is 29.5 Å². The smallest absolute Gasteiger partial charge is 0.258 e. The number of benzene rings is 1. The van der Waals surface area contributed by atoms with Crippen molar-refractivity contribution in [3.8, 4) is 0 Å². The van der Waals surface area contributed by atoms with Crippen molar-refractivity contribution < 1.29 is 14.0 Å². The minimum absolute atomic E-state index is 0.0113. The number of aromatic nitrogens is 1. The first-order valence-electron chi connectivity index (χ1n) is 8.05. The normalized spacial score (nSPS) is 16.5. The number of carbonyl (C=O) groups excluding carboxylic acids is 2. The first-order chi connectivity index (χ1) is 12.0. The van der Waals surface area contributed by atoms with E-state index in [1.54, 1.807) is 4.90 Å². The average Bonchev–Trinajstić information content (AvgIpc) is 3.35. The van der Waals surface area contributed by atoms with Crippen LogP contribution in [0.3, 0.4) is 0 Å². The third-order valence-corrected chi connectivity index (χ3v) is 5.69. The molecular weight excluding hydrogens is 365 g/mol. The fourth-order valence-corrected chi connectivity index (χ4v) is 4.11. The number of amides is 2. The molecule has 0 spiro atoms. The van der Waals surface area contributed by atoms with E-state index < -0.39 is 11.7 Å². The highest BCUT2D eigenvalue weighted by Gasteiger charge is 2.31. The summed E-state index contributed by atoms with van der Waals surface area (Å²) < 4.78 is 14.0. The van der Waals surface area contributed by atoms with Crippen molar-refractivity contribution in [3.63, 3.8) is 0 Å². The Morgan fingerprint density at radius 2 is 2.16 bits per heavy atom. The molecule has 2 heterocycles. The second-order valence-corrected chi connectivity index (χ2v) is 7.72. The van der Waals surface area contributed by atoms with E-state index in [1.807, 2.05) is 0 Å². The lowest BCUT2D eigenvalue weighted by Crippen LogP contribution is -2.36. The van der Waals surface area contributed by atoms with Gasteiger partial charge in [-0.3, -0.25) is 9.59 Å². The second-order valence-electron chi connectivity index (χ2n) is 6.23. The molecule has 4 rings (SSSR count). The number of halogens is 2. The Morgan fingerprint density at radius 1 is 1.36 bits per heavy atom. The van der Waals surface area contributed by atoms with Crippen LogP contribution < -0.4 is 5.32 Å². The van der Waals surface area contributed by atoms with Crippen molar-refractivity contribution in [2.24, 2.45) is 5.92 Å². The fourth-order valence-electron chi connectivity index (χ4n) is 2.84. The molecule has 2 aromatic rings. The van der Waals surface area contributed by atoms with E-state index >= 15 is 0 Å². The molecule has 0 saturated heterocycles. The van der Waals surface area contributed by atoms with Crippen LogP contribution in [0.25, 0.3) is 0 Å². The topological polar surface area (TPSA) is 62.3 Å². The Balaban J connectivity index is 1.51. The van der Waals surface area contributed by atoms with Gasteiger partial charge in [-0.15, -0.1) is 0 Å². The van der Waals surface area contributed by atoms with Crippen LogP contribution in [0.5, 0.6) is 0 Å². The SMILES string of the molecule is O=C(Nc1nc2c(s1)CN(C(=O)c1c(F)cccc1Cl)CC2)C1CC1. The Bertz CT molecular complexity index is 845. The molecule has 0 unspecified atom stereocenters. The molecule has 25 heavy (non-hydrogen) atoms. The Labute approximate surface area is 152 Å². The van der Waals surface area contributed by atoms with Crippen LogP contribution in [0.4, 0.5) is 9.52 Å². The number of fused-ring (bicyclic) bond motifs is 1. The van der Waals surface area contributed by atoms with Crippen LogP contribution in [0, 0.1) is 11.7 Å². The molecular formula is C17H15ClFN3O2S. The molecule has 0 bridgehead atoms. The molecule has 1 N–H and O–H groups in total. The summed E-state index contributed by atoms with van der Waals surface area (Å²) in [5.74, 6) is -0.921. The van der Waals surface area contributed by atoms with Crippen LogP contribution in [0.2, 0.25) is 5.02 Å². The van der Waals surface area contributed by atoms with Gasteiger partial charge in [0.15, 0.2) is 5.13 Å². The van der Waals surface area contributed by atoms with Gasteiger partial charge >= 0.3 is 0 Å². The van der Waals surface area contributed by atoms with Gasteiger partial charge in [0, 0.05) is 23.8 Å². The number of thiazole rings is 1. The van der Waals surface area contributed by atoms with E-state index in [-0.39, 0.29) is 22.4 Å². The van der Waals surface area contributed by atoms with Gasteiger partial charge in [0.05, 0.1) is 22.8 Å². The summed E-state index contributed by atoms with van der Waals surface area (Å²) in [6.07, 6.45) is 2.44. The molecule has 8 heteroatoms. The summed E-state index contributed by atoms with van der Waals surface area (Å²) in [5, 5.41) is 3.52. The van der Waals surface area contributed by atoms with E-state index in [9.17, 15) is 14.0 Å². The highest BCUT2D eigenvalue weighted by molar-refractivity contribution is 7.15. The third-order valence-electron chi connectivity index (χ3n) is 4.37. The number of hydrogen-bond donors (Lipinski definition) is 1. The number of anilines is 1. The van der Waals surface area contributed by atoms with Crippen molar-refractivity contribution in [1.82, 2.24) is 9.88 Å². The molecule has 1 saturated carbocycles. The van der Waals surface area contributed by atoms with Crippen molar-refractivity contribution in [2.75, 3.05) is 11.9 Å². The molecule has 1 aliphatic carbocycles. The number of nitrogens with one attached hydrogen (secondary N) is 1. The molecule has 1 fully saturated rings. The lowest BCUT2D eigenvalue weighted by Gasteiger charge is -2.26. The van der Waals surface area contributed by atoms with Crippen molar-refractivity contribution in [1.29, 1.82) is 0 Å². The maximum atomic E-state index is 14.0. The van der Waals surface area contributed by atoms with Gasteiger partial charge in [0.2, 0.25) is 5.91 Å². The zero-order chi connectivity index (χ0) is 17.6. The van der Waals surface area contributed by atoms with E-state index in [0.717, 1.165) is 23.4 Å². The average molecular weight is 380 g/mol. The van der Waals surface area contributed by atoms with Crippen LogP contribution in [0.1, 0.15) is 33.8 Å². The molecule has 130 valence electrons. The van der Waals surface area contributed by atoms with Gasteiger partial charge in [-0.25, -0.2) is 9.37 Å². The molecule has 1 aromatic heterocycles. The number of rotatable bonds is 3. The summed E-state index contributed by atoms with van der Waals surface area (Å²) in [7, 11) is 0. The van der Waals surface area contributed by atoms with Gasteiger partial charge in [-0.2, -0.15) is 0 Å². The molecule has 0 radical (unpaired) electrons. The lowest BCUT2D eigenvalue weighted by molar-refractivity contribution is -0.117. The van der Waals surface area contributed by atoms with Crippen molar-refractivity contribution in [2.45, 2.75) is 25.8 Å². The van der Waals surface area contributed by atoms with Crippen LogP contribution >= 0.6 is 22.9 Å². The predicted molar refractivity (Wildman–Crippen MR) is 93.3 cm³/mol. The molecule has 2 aliphatic rings. The first-order valence-corrected chi connectivity index (χ1v) is 9.25. The van der Waals surface area contributed by atoms with Crippen molar-refractivity contribution >= 4 is 39.9 Å². The van der Waals surface area contributed by atoms with Gasteiger partial charge in [-0.1, -0.05) is 29.0 Å². The summed E-state index contributed by atoms with van der Waals surface area (Å²) >= 11 is 7.37. The van der Waals surface area contributed by atoms with Crippen LogP contribution in [-0.2, 0) is 17.8 Å². The molecule has 0 atom stereocenters. The van der Waals surface area contributed by atoms with Gasteiger partial charge < -0.3 is 10.2 Å². The number of carbonyl (C=O) groups is 2. The zero-order valence-corrected chi connectivity index (χ0v) is 14.8. The quantitative estimate of drug-likeness (QED) is 0.888.